The molecule has 0 bridgehead atoms. The smallest absolute Gasteiger partial charge is 0.257 e. The normalized spacial score (nSPS) is 22.8. The van der Waals surface area contributed by atoms with E-state index in [-0.39, 0.29) is 23.5 Å². The molecule has 0 N–H and O–H groups in total. The van der Waals surface area contributed by atoms with Gasteiger partial charge in [-0.15, -0.1) is 0 Å². The molecule has 21 heavy (non-hydrogen) atoms. The maximum Gasteiger partial charge on any atom is 0.257 e. The molecule has 0 radical (unpaired) electrons. The second kappa shape index (κ2) is 5.22. The number of fused-ring (bicyclic) bond motifs is 1. The van der Waals surface area contributed by atoms with E-state index in [0.717, 1.165) is 0 Å². The minimum Gasteiger partial charge on any atom is -0.486 e. The number of nitrogens with zero attached hydrogens (tertiary/aromatic N) is 1. The molecule has 1 amide bonds. The van der Waals surface area contributed by atoms with Crippen LogP contribution in [0.3, 0.4) is 0 Å². The van der Waals surface area contributed by atoms with Gasteiger partial charge in [0.2, 0.25) is 0 Å². The van der Waals surface area contributed by atoms with Gasteiger partial charge in [-0.1, -0.05) is 6.07 Å². The number of benzene rings is 1. The lowest BCUT2D eigenvalue weighted by atomic mass is 10.1. The summed E-state index contributed by atoms with van der Waals surface area (Å²) in [7, 11) is -1.39. The number of amides is 1. The summed E-state index contributed by atoms with van der Waals surface area (Å²) in [6.45, 7) is 0.861. The fourth-order valence-corrected chi connectivity index (χ4v) is 4.45. The highest BCUT2D eigenvalue weighted by atomic mass is 32.2. The number of rotatable bonds is 2. The lowest BCUT2D eigenvalue weighted by Crippen LogP contribution is -2.38. The molecular formula is C14H17NO5S. The van der Waals surface area contributed by atoms with Crippen molar-refractivity contribution in [3.8, 4) is 11.5 Å². The fourth-order valence-electron chi connectivity index (χ4n) is 2.68. The molecule has 2 aliphatic rings. The molecular weight excluding hydrogens is 294 g/mol. The van der Waals surface area contributed by atoms with Crippen molar-refractivity contribution in [1.82, 2.24) is 4.90 Å². The first-order chi connectivity index (χ1) is 9.98. The van der Waals surface area contributed by atoms with Crippen LogP contribution in [0.1, 0.15) is 16.8 Å². The number of hydrogen-bond donors (Lipinski definition) is 0. The Hall–Kier alpha value is -1.76. The third kappa shape index (κ3) is 2.70. The van der Waals surface area contributed by atoms with Crippen LogP contribution >= 0.6 is 0 Å². The molecule has 2 heterocycles. The average Bonchev–Trinajstić information content (AvgIpc) is 2.85. The SMILES string of the molecule is CN(C(=O)c1cccc2c1OCCO2)C1CCS(=O)(=O)C1. The van der Waals surface area contributed by atoms with E-state index in [1.165, 1.54) is 4.90 Å². The molecule has 3 rings (SSSR count). The lowest BCUT2D eigenvalue weighted by Gasteiger charge is -2.26. The summed E-state index contributed by atoms with van der Waals surface area (Å²) < 4.78 is 34.1. The van der Waals surface area contributed by atoms with E-state index in [9.17, 15) is 13.2 Å². The highest BCUT2D eigenvalue weighted by Gasteiger charge is 2.34. The molecule has 0 spiro atoms. The van der Waals surface area contributed by atoms with Crippen molar-refractivity contribution in [1.29, 1.82) is 0 Å². The first-order valence-electron chi connectivity index (χ1n) is 6.84. The number of ether oxygens (including phenoxy) is 2. The summed E-state index contributed by atoms with van der Waals surface area (Å²) in [5.74, 6) is 0.934. The molecule has 6 nitrogen and oxygen atoms in total. The summed E-state index contributed by atoms with van der Waals surface area (Å²) in [6, 6.07) is 4.89. The molecule has 2 aliphatic heterocycles. The highest BCUT2D eigenvalue weighted by molar-refractivity contribution is 7.91. The minimum atomic E-state index is -3.02. The van der Waals surface area contributed by atoms with Crippen LogP contribution in [0.5, 0.6) is 11.5 Å². The van der Waals surface area contributed by atoms with Gasteiger partial charge in [-0.25, -0.2) is 8.42 Å². The van der Waals surface area contributed by atoms with Gasteiger partial charge in [0, 0.05) is 13.1 Å². The van der Waals surface area contributed by atoms with Gasteiger partial charge in [-0.3, -0.25) is 4.79 Å². The summed E-state index contributed by atoms with van der Waals surface area (Å²) in [5.41, 5.74) is 0.416. The Kier molecular flexibility index (Phi) is 3.52. The number of sulfone groups is 1. The average molecular weight is 311 g/mol. The van der Waals surface area contributed by atoms with E-state index in [1.807, 2.05) is 0 Å². The standard InChI is InChI=1S/C14H17NO5S/c1-15(10-5-8-21(17,18)9-10)14(16)11-3-2-4-12-13(11)20-7-6-19-12/h2-4,10H,5-9H2,1H3. The third-order valence-electron chi connectivity index (χ3n) is 3.87. The van der Waals surface area contributed by atoms with Gasteiger partial charge in [0.1, 0.15) is 13.2 Å². The van der Waals surface area contributed by atoms with Gasteiger partial charge in [0.05, 0.1) is 17.1 Å². The second-order valence-electron chi connectivity index (χ2n) is 5.30. The van der Waals surface area contributed by atoms with Gasteiger partial charge in [-0.2, -0.15) is 0 Å². The first kappa shape index (κ1) is 14.2. The molecule has 1 atom stereocenters. The van der Waals surface area contributed by atoms with Crippen LogP contribution < -0.4 is 9.47 Å². The van der Waals surface area contributed by atoms with Crippen molar-refractivity contribution in [3.63, 3.8) is 0 Å². The fraction of sp³-hybridized carbons (Fsp3) is 0.500. The van der Waals surface area contributed by atoms with E-state index in [1.54, 1.807) is 25.2 Å². The predicted octanol–water partition coefficient (Wildman–Crippen LogP) is 0.717. The largest absolute Gasteiger partial charge is 0.486 e. The van der Waals surface area contributed by atoms with E-state index < -0.39 is 9.84 Å². The molecule has 1 aromatic carbocycles. The topological polar surface area (TPSA) is 72.9 Å². The Morgan fingerprint density at radius 3 is 2.76 bits per heavy atom. The van der Waals surface area contributed by atoms with Crippen molar-refractivity contribution in [2.45, 2.75) is 12.5 Å². The Balaban J connectivity index is 1.85. The maximum atomic E-state index is 12.6. The van der Waals surface area contributed by atoms with Crippen LogP contribution in [0.4, 0.5) is 0 Å². The van der Waals surface area contributed by atoms with Crippen molar-refractivity contribution >= 4 is 15.7 Å². The number of para-hydroxylation sites is 1. The molecule has 0 saturated carbocycles. The number of hydrogen-bond acceptors (Lipinski definition) is 5. The van der Waals surface area contributed by atoms with E-state index in [4.69, 9.17) is 9.47 Å². The van der Waals surface area contributed by atoms with Crippen LogP contribution in [-0.2, 0) is 9.84 Å². The summed E-state index contributed by atoms with van der Waals surface area (Å²) in [6.07, 6.45) is 0.483. The maximum absolute atomic E-state index is 12.6. The summed E-state index contributed by atoms with van der Waals surface area (Å²) in [4.78, 5) is 14.1. The van der Waals surface area contributed by atoms with Gasteiger partial charge in [0.15, 0.2) is 21.3 Å². The van der Waals surface area contributed by atoms with Crippen LogP contribution in [0.2, 0.25) is 0 Å². The Bertz CT molecular complexity index is 670. The monoisotopic (exact) mass is 311 g/mol. The van der Waals surface area contributed by atoms with Gasteiger partial charge >= 0.3 is 0 Å². The van der Waals surface area contributed by atoms with Crippen molar-refractivity contribution in [2.24, 2.45) is 0 Å². The van der Waals surface area contributed by atoms with Crippen LogP contribution in [0.15, 0.2) is 18.2 Å². The Morgan fingerprint density at radius 2 is 2.05 bits per heavy atom. The van der Waals surface area contributed by atoms with E-state index in [0.29, 0.717) is 36.7 Å². The van der Waals surface area contributed by atoms with Crippen LogP contribution in [0, 0.1) is 0 Å². The van der Waals surface area contributed by atoms with Gasteiger partial charge in [-0.05, 0) is 18.6 Å². The molecule has 1 unspecified atom stereocenters. The summed E-state index contributed by atoms with van der Waals surface area (Å²) >= 11 is 0. The predicted molar refractivity (Wildman–Crippen MR) is 76.6 cm³/mol. The first-order valence-corrected chi connectivity index (χ1v) is 8.66. The second-order valence-corrected chi connectivity index (χ2v) is 7.53. The molecule has 1 aromatic rings. The van der Waals surface area contributed by atoms with Crippen LogP contribution in [0.25, 0.3) is 0 Å². The van der Waals surface area contributed by atoms with Crippen molar-refractivity contribution in [2.75, 3.05) is 31.8 Å². The summed E-state index contributed by atoms with van der Waals surface area (Å²) in [5, 5.41) is 0. The molecule has 1 fully saturated rings. The van der Waals surface area contributed by atoms with Gasteiger partial charge in [0.25, 0.3) is 5.91 Å². The number of carbonyl (C=O) groups is 1. The molecule has 0 aliphatic carbocycles. The number of carbonyl (C=O) groups excluding carboxylic acids is 1. The zero-order chi connectivity index (χ0) is 15.0. The van der Waals surface area contributed by atoms with Gasteiger partial charge < -0.3 is 14.4 Å². The zero-order valence-electron chi connectivity index (χ0n) is 11.7. The molecule has 7 heteroatoms. The van der Waals surface area contributed by atoms with Crippen LogP contribution in [-0.4, -0.2) is 57.0 Å². The van der Waals surface area contributed by atoms with E-state index >= 15 is 0 Å². The lowest BCUT2D eigenvalue weighted by molar-refractivity contribution is 0.0737. The quantitative estimate of drug-likeness (QED) is 0.804. The molecule has 114 valence electrons. The highest BCUT2D eigenvalue weighted by Crippen LogP contribution is 2.34. The molecule has 1 saturated heterocycles. The Morgan fingerprint density at radius 1 is 1.29 bits per heavy atom. The minimum absolute atomic E-state index is 0.0294. The molecule has 0 aromatic heterocycles. The van der Waals surface area contributed by atoms with Crippen molar-refractivity contribution in [3.05, 3.63) is 23.8 Å². The zero-order valence-corrected chi connectivity index (χ0v) is 12.6. The Labute approximate surface area is 123 Å². The third-order valence-corrected chi connectivity index (χ3v) is 5.62. The van der Waals surface area contributed by atoms with Crippen molar-refractivity contribution < 1.29 is 22.7 Å². The van der Waals surface area contributed by atoms with E-state index in [2.05, 4.69) is 0 Å².